The molecular weight excluding hydrogens is 416 g/mol. The van der Waals surface area contributed by atoms with Crippen molar-refractivity contribution in [2.75, 3.05) is 51.3 Å². The van der Waals surface area contributed by atoms with Crippen molar-refractivity contribution >= 4 is 11.6 Å². The number of aromatic nitrogens is 1. The van der Waals surface area contributed by atoms with Crippen LogP contribution in [0.3, 0.4) is 0 Å². The van der Waals surface area contributed by atoms with Gasteiger partial charge in [-0.15, -0.1) is 0 Å². The molecule has 3 heterocycles. The van der Waals surface area contributed by atoms with E-state index >= 15 is 0 Å². The molecule has 1 N–H and O–H groups in total. The fraction of sp³-hybridized carbons (Fsp3) is 0.308. The first kappa shape index (κ1) is 21.4. The van der Waals surface area contributed by atoms with Crippen LogP contribution in [-0.2, 0) is 6.54 Å². The van der Waals surface area contributed by atoms with Crippen molar-refractivity contribution in [2.24, 2.45) is 0 Å². The molecule has 1 amide bonds. The van der Waals surface area contributed by atoms with E-state index < -0.39 is 0 Å². The molecule has 0 unspecified atom stereocenters. The predicted molar refractivity (Wildman–Crippen MR) is 128 cm³/mol. The van der Waals surface area contributed by atoms with E-state index in [1.165, 1.54) is 0 Å². The second-order valence-corrected chi connectivity index (χ2v) is 8.24. The number of carbonyl (C=O) groups is 1. The van der Waals surface area contributed by atoms with Gasteiger partial charge >= 0.3 is 0 Å². The zero-order chi connectivity index (χ0) is 22.6. The Morgan fingerprint density at radius 1 is 1.00 bits per heavy atom. The summed E-state index contributed by atoms with van der Waals surface area (Å²) in [6.45, 7) is 6.08. The van der Waals surface area contributed by atoms with Gasteiger partial charge in [-0.3, -0.25) is 9.69 Å². The van der Waals surface area contributed by atoms with Gasteiger partial charge in [0.05, 0.1) is 19.3 Å². The van der Waals surface area contributed by atoms with Crippen LogP contribution in [0.5, 0.6) is 11.5 Å². The lowest BCUT2D eigenvalue weighted by atomic mass is 10.1. The van der Waals surface area contributed by atoms with Crippen LogP contribution < -0.4 is 19.7 Å². The molecule has 2 aliphatic heterocycles. The number of pyridine rings is 1. The molecule has 2 aromatic carbocycles. The van der Waals surface area contributed by atoms with Gasteiger partial charge < -0.3 is 19.7 Å². The Labute approximate surface area is 193 Å². The highest BCUT2D eigenvalue weighted by Crippen LogP contribution is 2.35. The van der Waals surface area contributed by atoms with Gasteiger partial charge in [-0.1, -0.05) is 36.4 Å². The normalized spacial score (nSPS) is 16.0. The van der Waals surface area contributed by atoms with E-state index in [9.17, 15) is 4.79 Å². The number of methoxy groups -OCH3 is 1. The summed E-state index contributed by atoms with van der Waals surface area (Å²) < 4.78 is 11.6. The maximum absolute atomic E-state index is 13.2. The maximum atomic E-state index is 13.2. The second-order valence-electron chi connectivity index (χ2n) is 8.24. The van der Waals surface area contributed by atoms with Crippen LogP contribution in [0, 0.1) is 0 Å². The van der Waals surface area contributed by atoms with Gasteiger partial charge in [0, 0.05) is 55.6 Å². The highest BCUT2D eigenvalue weighted by molar-refractivity contribution is 6.09. The summed E-state index contributed by atoms with van der Waals surface area (Å²) in [7, 11) is 1.62. The Bertz CT molecular complexity index is 1130. The average Bonchev–Trinajstić information content (AvgIpc) is 3.21. The molecule has 3 aromatic rings. The molecule has 0 atom stereocenters. The van der Waals surface area contributed by atoms with Crippen molar-refractivity contribution in [2.45, 2.75) is 6.54 Å². The lowest BCUT2D eigenvalue weighted by molar-refractivity contribution is 0.0992. The number of anilines is 1. The number of nitrogens with one attached hydrogen (secondary N) is 1. The Kier molecular flexibility index (Phi) is 6.24. The van der Waals surface area contributed by atoms with Crippen molar-refractivity contribution in [3.05, 3.63) is 71.9 Å². The lowest BCUT2D eigenvalue weighted by Gasteiger charge is -2.27. The number of hydrogen-bond acceptors (Lipinski definition) is 6. The van der Waals surface area contributed by atoms with Gasteiger partial charge in [0.15, 0.2) is 11.5 Å². The Morgan fingerprint density at radius 3 is 2.61 bits per heavy atom. The summed E-state index contributed by atoms with van der Waals surface area (Å²) in [5, 5.41) is 3.36. The number of ether oxygens (including phenoxy) is 2. The van der Waals surface area contributed by atoms with Crippen molar-refractivity contribution in [1.29, 1.82) is 0 Å². The van der Waals surface area contributed by atoms with Gasteiger partial charge in [-0.05, 0) is 18.2 Å². The summed E-state index contributed by atoms with van der Waals surface area (Å²) in [5.74, 6) is 1.21. The minimum atomic E-state index is -0.0998. The van der Waals surface area contributed by atoms with Crippen LogP contribution >= 0.6 is 0 Å². The van der Waals surface area contributed by atoms with Crippen LogP contribution in [0.25, 0.3) is 11.3 Å². The Balaban J connectivity index is 1.30. The fourth-order valence-electron chi connectivity index (χ4n) is 4.31. The number of carbonyl (C=O) groups excluding carboxylic acids is 1. The molecule has 1 fully saturated rings. The first-order valence-electron chi connectivity index (χ1n) is 11.3. The molecule has 0 aliphatic carbocycles. The lowest BCUT2D eigenvalue weighted by Crippen LogP contribution is -2.44. The van der Waals surface area contributed by atoms with E-state index in [-0.39, 0.29) is 5.91 Å². The molecule has 170 valence electrons. The molecule has 0 spiro atoms. The van der Waals surface area contributed by atoms with Crippen LogP contribution in [-0.4, -0.2) is 62.2 Å². The summed E-state index contributed by atoms with van der Waals surface area (Å²) >= 11 is 0. The predicted octanol–water partition coefficient (Wildman–Crippen LogP) is 3.20. The van der Waals surface area contributed by atoms with Crippen LogP contribution in [0.4, 0.5) is 5.69 Å². The molecule has 33 heavy (non-hydrogen) atoms. The number of piperazine rings is 1. The van der Waals surface area contributed by atoms with Crippen molar-refractivity contribution in [3.8, 4) is 22.8 Å². The molecule has 0 radical (unpaired) electrons. The molecule has 1 saturated heterocycles. The van der Waals surface area contributed by atoms with E-state index in [4.69, 9.17) is 9.47 Å². The number of fused-ring (bicyclic) bond motifs is 1. The molecular formula is C26H28N4O3. The van der Waals surface area contributed by atoms with Crippen molar-refractivity contribution < 1.29 is 14.3 Å². The van der Waals surface area contributed by atoms with E-state index in [1.807, 2.05) is 60.7 Å². The minimum Gasteiger partial charge on any atom is -0.493 e. The molecule has 0 bridgehead atoms. The van der Waals surface area contributed by atoms with E-state index in [0.29, 0.717) is 30.3 Å². The number of benzene rings is 2. The largest absolute Gasteiger partial charge is 0.493 e. The zero-order valence-corrected chi connectivity index (χ0v) is 18.8. The summed E-state index contributed by atoms with van der Waals surface area (Å²) in [5.41, 5.74) is 4.00. The summed E-state index contributed by atoms with van der Waals surface area (Å²) in [6, 6.07) is 19.5. The van der Waals surface area contributed by atoms with Gasteiger partial charge in [0.2, 0.25) is 0 Å². The number of hydrogen-bond donors (Lipinski definition) is 1. The van der Waals surface area contributed by atoms with Gasteiger partial charge in [0.25, 0.3) is 5.91 Å². The van der Waals surface area contributed by atoms with E-state index in [1.54, 1.807) is 12.0 Å². The minimum absolute atomic E-state index is 0.0998. The van der Waals surface area contributed by atoms with Gasteiger partial charge in [0.1, 0.15) is 12.3 Å². The van der Waals surface area contributed by atoms with Crippen molar-refractivity contribution in [1.82, 2.24) is 15.2 Å². The third-order valence-corrected chi connectivity index (χ3v) is 6.16. The van der Waals surface area contributed by atoms with Crippen molar-refractivity contribution in [3.63, 3.8) is 0 Å². The molecule has 0 saturated carbocycles. The second kappa shape index (κ2) is 9.60. The highest BCUT2D eigenvalue weighted by atomic mass is 16.5. The van der Waals surface area contributed by atoms with Gasteiger partial charge in [-0.25, -0.2) is 4.98 Å². The van der Waals surface area contributed by atoms with E-state index in [2.05, 4.69) is 15.2 Å². The first-order valence-corrected chi connectivity index (χ1v) is 11.3. The number of amides is 1. The molecule has 7 heteroatoms. The van der Waals surface area contributed by atoms with Crippen LogP contribution in [0.15, 0.2) is 60.7 Å². The standard InChI is InChI=1S/C26H28N4O3/c1-32-24-17-21(8-10-23(24)33-16-15-29-13-11-27-12-14-29)30-18-20-7-9-22(28-25(20)26(30)31)19-5-3-2-4-6-19/h2-10,17,27H,11-16,18H2,1H3. The molecule has 1 aromatic heterocycles. The first-order chi connectivity index (χ1) is 16.2. The SMILES string of the molecule is COc1cc(N2Cc3ccc(-c4ccccc4)nc3C2=O)ccc1OCCN1CCNCC1. The summed E-state index contributed by atoms with van der Waals surface area (Å²) in [4.78, 5) is 22.0. The number of rotatable bonds is 7. The number of nitrogens with zero attached hydrogens (tertiary/aromatic N) is 3. The van der Waals surface area contributed by atoms with E-state index in [0.717, 1.165) is 55.2 Å². The molecule has 5 rings (SSSR count). The zero-order valence-electron chi connectivity index (χ0n) is 18.8. The highest BCUT2D eigenvalue weighted by Gasteiger charge is 2.31. The van der Waals surface area contributed by atoms with Crippen LogP contribution in [0.1, 0.15) is 16.1 Å². The molecule has 2 aliphatic rings. The smallest absolute Gasteiger partial charge is 0.277 e. The molecule has 7 nitrogen and oxygen atoms in total. The average molecular weight is 445 g/mol. The maximum Gasteiger partial charge on any atom is 0.277 e. The Morgan fingerprint density at radius 2 is 1.82 bits per heavy atom. The van der Waals surface area contributed by atoms with Gasteiger partial charge in [-0.2, -0.15) is 0 Å². The topological polar surface area (TPSA) is 66.9 Å². The Hall–Kier alpha value is -3.42. The fourth-order valence-corrected chi connectivity index (χ4v) is 4.31. The van der Waals surface area contributed by atoms with Crippen LogP contribution in [0.2, 0.25) is 0 Å². The third-order valence-electron chi connectivity index (χ3n) is 6.16. The third kappa shape index (κ3) is 4.55. The summed E-state index contributed by atoms with van der Waals surface area (Å²) in [6.07, 6.45) is 0. The monoisotopic (exact) mass is 444 g/mol. The quantitative estimate of drug-likeness (QED) is 0.604.